The van der Waals surface area contributed by atoms with Crippen molar-refractivity contribution in [1.82, 2.24) is 10.3 Å². The third-order valence-corrected chi connectivity index (χ3v) is 1.86. The van der Waals surface area contributed by atoms with Gasteiger partial charge in [0.25, 0.3) is 0 Å². The zero-order valence-corrected chi connectivity index (χ0v) is 8.66. The first kappa shape index (κ1) is 10.5. The van der Waals surface area contributed by atoms with Crippen LogP contribution in [-0.4, -0.2) is 18.1 Å². The largest absolute Gasteiger partial charge is 0.341 e. The number of amides is 2. The molecule has 0 aliphatic carbocycles. The average Bonchev–Trinajstić information content (AvgIpc) is 2.18. The van der Waals surface area contributed by atoms with Gasteiger partial charge in [-0.3, -0.25) is 4.98 Å². The van der Waals surface area contributed by atoms with Gasteiger partial charge >= 0.3 is 6.03 Å². The van der Waals surface area contributed by atoms with Gasteiger partial charge in [0.05, 0.1) is 11.9 Å². The first-order valence-electron chi connectivity index (χ1n) is 4.58. The van der Waals surface area contributed by atoms with Gasteiger partial charge < -0.3 is 10.6 Å². The van der Waals surface area contributed by atoms with Gasteiger partial charge in [-0.05, 0) is 18.1 Å². The van der Waals surface area contributed by atoms with E-state index in [4.69, 9.17) is 0 Å². The lowest BCUT2D eigenvalue weighted by atomic mass is 10.1. The molecule has 4 heteroatoms. The highest BCUT2D eigenvalue weighted by molar-refractivity contribution is 5.88. The molecule has 1 aromatic rings. The molecule has 0 unspecified atom stereocenters. The Hall–Kier alpha value is -1.58. The van der Waals surface area contributed by atoms with Gasteiger partial charge in [0.1, 0.15) is 0 Å². The first-order chi connectivity index (χ1) is 6.63. The van der Waals surface area contributed by atoms with Crippen LogP contribution in [-0.2, 0) is 0 Å². The van der Waals surface area contributed by atoms with Crippen molar-refractivity contribution in [3.05, 3.63) is 24.0 Å². The summed E-state index contributed by atoms with van der Waals surface area (Å²) in [5, 5.41) is 5.12. The number of rotatable bonds is 2. The van der Waals surface area contributed by atoms with Crippen molar-refractivity contribution in [3.8, 4) is 0 Å². The molecule has 0 spiro atoms. The zero-order valence-electron chi connectivity index (χ0n) is 8.66. The van der Waals surface area contributed by atoms with Crippen molar-refractivity contribution in [2.75, 3.05) is 12.4 Å². The van der Waals surface area contributed by atoms with Gasteiger partial charge in [0.15, 0.2) is 0 Å². The second kappa shape index (κ2) is 4.60. The van der Waals surface area contributed by atoms with Crippen molar-refractivity contribution in [2.45, 2.75) is 19.8 Å². The molecule has 76 valence electrons. The van der Waals surface area contributed by atoms with Crippen LogP contribution >= 0.6 is 0 Å². The number of hydrogen-bond acceptors (Lipinski definition) is 2. The third kappa shape index (κ3) is 2.73. The topological polar surface area (TPSA) is 54.0 Å². The minimum atomic E-state index is -0.232. The Morgan fingerprint density at radius 1 is 1.43 bits per heavy atom. The molecule has 14 heavy (non-hydrogen) atoms. The van der Waals surface area contributed by atoms with E-state index in [-0.39, 0.29) is 6.03 Å². The number of urea groups is 1. The summed E-state index contributed by atoms with van der Waals surface area (Å²) in [6.45, 7) is 4.16. The lowest BCUT2D eigenvalue weighted by Crippen LogP contribution is -2.24. The lowest BCUT2D eigenvalue weighted by Gasteiger charge is -2.06. The van der Waals surface area contributed by atoms with Gasteiger partial charge in [0.2, 0.25) is 0 Å². The minimum Gasteiger partial charge on any atom is -0.341 e. The molecule has 2 amide bonds. The molecule has 0 saturated carbocycles. The molecule has 0 aliphatic rings. The molecule has 0 saturated heterocycles. The second-order valence-electron chi connectivity index (χ2n) is 3.33. The van der Waals surface area contributed by atoms with Gasteiger partial charge in [-0.25, -0.2) is 4.79 Å². The van der Waals surface area contributed by atoms with Crippen molar-refractivity contribution in [1.29, 1.82) is 0 Å². The summed E-state index contributed by atoms with van der Waals surface area (Å²) in [5.41, 5.74) is 1.72. The fraction of sp³-hybridized carbons (Fsp3) is 0.400. The first-order valence-corrected chi connectivity index (χ1v) is 4.58. The molecular weight excluding hydrogens is 178 g/mol. The summed E-state index contributed by atoms with van der Waals surface area (Å²) in [5.74, 6) is 0.407. The maximum Gasteiger partial charge on any atom is 0.319 e. The Bertz CT molecular complexity index is 306. The predicted molar refractivity (Wildman–Crippen MR) is 56.4 cm³/mol. The minimum absolute atomic E-state index is 0.232. The smallest absolute Gasteiger partial charge is 0.319 e. The van der Waals surface area contributed by atoms with Crippen molar-refractivity contribution in [3.63, 3.8) is 0 Å². The van der Waals surface area contributed by atoms with Crippen LogP contribution in [0, 0.1) is 0 Å². The Balaban J connectivity index is 2.69. The van der Waals surface area contributed by atoms with Crippen LogP contribution in [0.4, 0.5) is 10.5 Å². The van der Waals surface area contributed by atoms with Gasteiger partial charge in [-0.2, -0.15) is 0 Å². The molecule has 0 aromatic carbocycles. The SMILES string of the molecule is CNC(=O)Nc1ccc(C(C)C)nc1. The highest BCUT2D eigenvalue weighted by Gasteiger charge is 2.01. The number of hydrogen-bond donors (Lipinski definition) is 2. The van der Waals surface area contributed by atoms with E-state index in [1.54, 1.807) is 13.2 Å². The van der Waals surface area contributed by atoms with E-state index in [9.17, 15) is 4.79 Å². The maximum absolute atomic E-state index is 11.0. The molecule has 1 rings (SSSR count). The van der Waals surface area contributed by atoms with Crippen LogP contribution in [0.2, 0.25) is 0 Å². The lowest BCUT2D eigenvalue weighted by molar-refractivity contribution is 0.254. The van der Waals surface area contributed by atoms with Crippen LogP contribution < -0.4 is 10.6 Å². The standard InChI is InChI=1S/C10H15N3O/c1-7(2)9-5-4-8(6-12-9)13-10(14)11-3/h4-7H,1-3H3,(H2,11,13,14). The van der Waals surface area contributed by atoms with E-state index < -0.39 is 0 Å². The fourth-order valence-electron chi connectivity index (χ4n) is 1.01. The van der Waals surface area contributed by atoms with Crippen LogP contribution in [0.15, 0.2) is 18.3 Å². The molecule has 0 bridgehead atoms. The van der Waals surface area contributed by atoms with E-state index in [2.05, 4.69) is 29.5 Å². The van der Waals surface area contributed by atoms with E-state index in [1.165, 1.54) is 0 Å². The Morgan fingerprint density at radius 2 is 2.14 bits per heavy atom. The van der Waals surface area contributed by atoms with Gasteiger partial charge in [-0.15, -0.1) is 0 Å². The fourth-order valence-corrected chi connectivity index (χ4v) is 1.01. The molecule has 0 atom stereocenters. The number of anilines is 1. The normalized spacial score (nSPS) is 10.0. The Labute approximate surface area is 83.7 Å². The average molecular weight is 193 g/mol. The van der Waals surface area contributed by atoms with Crippen molar-refractivity contribution < 1.29 is 4.79 Å². The molecule has 2 N–H and O–H groups in total. The van der Waals surface area contributed by atoms with Crippen LogP contribution in [0.3, 0.4) is 0 Å². The van der Waals surface area contributed by atoms with Gasteiger partial charge in [0, 0.05) is 12.7 Å². The molecule has 0 aliphatic heterocycles. The third-order valence-electron chi connectivity index (χ3n) is 1.86. The monoisotopic (exact) mass is 193 g/mol. The Kier molecular flexibility index (Phi) is 3.45. The van der Waals surface area contributed by atoms with E-state index >= 15 is 0 Å². The Morgan fingerprint density at radius 3 is 2.57 bits per heavy atom. The summed E-state index contributed by atoms with van der Waals surface area (Å²) < 4.78 is 0. The van der Waals surface area contributed by atoms with Gasteiger partial charge in [-0.1, -0.05) is 13.8 Å². The molecule has 1 aromatic heterocycles. The highest BCUT2D eigenvalue weighted by atomic mass is 16.2. The molecule has 4 nitrogen and oxygen atoms in total. The van der Waals surface area contributed by atoms with Crippen molar-refractivity contribution in [2.24, 2.45) is 0 Å². The summed E-state index contributed by atoms with van der Waals surface area (Å²) >= 11 is 0. The number of nitrogens with one attached hydrogen (secondary N) is 2. The summed E-state index contributed by atoms with van der Waals surface area (Å²) in [7, 11) is 1.57. The second-order valence-corrected chi connectivity index (χ2v) is 3.33. The molecule has 0 fully saturated rings. The zero-order chi connectivity index (χ0) is 10.6. The summed E-state index contributed by atoms with van der Waals surface area (Å²) in [6, 6.07) is 3.53. The van der Waals surface area contributed by atoms with E-state index in [1.807, 2.05) is 12.1 Å². The number of aromatic nitrogens is 1. The van der Waals surface area contributed by atoms with Crippen LogP contribution in [0.5, 0.6) is 0 Å². The maximum atomic E-state index is 11.0. The quantitative estimate of drug-likeness (QED) is 0.754. The molecule has 0 radical (unpaired) electrons. The molecular formula is C10H15N3O. The number of carbonyl (C=O) groups is 1. The van der Waals surface area contributed by atoms with Crippen LogP contribution in [0.25, 0.3) is 0 Å². The number of carbonyl (C=O) groups excluding carboxylic acids is 1. The highest BCUT2D eigenvalue weighted by Crippen LogP contribution is 2.13. The number of pyridine rings is 1. The predicted octanol–water partition coefficient (Wildman–Crippen LogP) is 1.96. The summed E-state index contributed by atoms with van der Waals surface area (Å²) in [6.07, 6.45) is 1.66. The van der Waals surface area contributed by atoms with E-state index in [0.717, 1.165) is 5.69 Å². The molecule has 1 heterocycles. The number of nitrogens with zero attached hydrogens (tertiary/aromatic N) is 1. The summed E-state index contributed by atoms with van der Waals surface area (Å²) in [4.78, 5) is 15.2. The van der Waals surface area contributed by atoms with Crippen molar-refractivity contribution >= 4 is 11.7 Å². The van der Waals surface area contributed by atoms with Crippen LogP contribution in [0.1, 0.15) is 25.5 Å². The van der Waals surface area contributed by atoms with E-state index in [0.29, 0.717) is 11.6 Å².